The zero-order valence-corrected chi connectivity index (χ0v) is 20.5. The van der Waals surface area contributed by atoms with Crippen LogP contribution in [0.25, 0.3) is 0 Å². The third-order valence-electron chi connectivity index (χ3n) is 5.50. The number of ketones is 1. The zero-order valence-electron chi connectivity index (χ0n) is 18.1. The number of fused-ring (bicyclic) bond motifs is 1. The highest BCUT2D eigenvalue weighted by Crippen LogP contribution is 2.46. The molecule has 0 spiro atoms. The molecule has 3 rings (SSSR count). The number of carbonyl (C=O) groups excluding carboxylic acids is 2. The maximum absolute atomic E-state index is 13.1. The molecule has 1 aromatic rings. The average molecular weight is 510 g/mol. The Bertz CT molecular complexity index is 927. The lowest BCUT2D eigenvalue weighted by atomic mass is 9.69. The molecule has 0 saturated heterocycles. The predicted molar refractivity (Wildman–Crippen MR) is 126 cm³/mol. The molecule has 1 unspecified atom stereocenters. The number of hydrogen-bond acceptors (Lipinski definition) is 7. The third-order valence-corrected chi connectivity index (χ3v) is 6.97. The second-order valence-electron chi connectivity index (χ2n) is 7.49. The summed E-state index contributed by atoms with van der Waals surface area (Å²) in [4.78, 5) is 30.8. The van der Waals surface area contributed by atoms with Crippen LogP contribution in [0, 0.1) is 5.92 Å². The van der Waals surface area contributed by atoms with Crippen LogP contribution in [0.4, 0.5) is 0 Å². The van der Waals surface area contributed by atoms with Crippen LogP contribution < -0.4 is 4.74 Å². The number of Topliss-reactive ketones (excluding diaryl/α,β-unsaturated/α-hetero) is 1. The van der Waals surface area contributed by atoms with E-state index in [9.17, 15) is 14.7 Å². The lowest BCUT2D eigenvalue weighted by Gasteiger charge is -2.35. The number of aromatic hydroxyl groups is 1. The molecule has 1 fully saturated rings. The van der Waals surface area contributed by atoms with Gasteiger partial charge in [0, 0.05) is 29.5 Å². The number of allylic oxidation sites excluding steroid dienone is 1. The van der Waals surface area contributed by atoms with Crippen LogP contribution in [0.2, 0.25) is 0 Å². The van der Waals surface area contributed by atoms with Gasteiger partial charge in [-0.3, -0.25) is 9.79 Å². The first kappa shape index (κ1) is 23.9. The molecule has 2 aliphatic rings. The van der Waals surface area contributed by atoms with Crippen molar-refractivity contribution in [2.75, 3.05) is 24.7 Å². The molecule has 1 saturated carbocycles. The number of esters is 1. The zero-order chi connectivity index (χ0) is 22.5. The van der Waals surface area contributed by atoms with Gasteiger partial charge in [0.1, 0.15) is 12.4 Å². The fourth-order valence-corrected chi connectivity index (χ4v) is 5.15. The van der Waals surface area contributed by atoms with E-state index in [0.29, 0.717) is 41.1 Å². The molecule has 31 heavy (non-hydrogen) atoms. The highest BCUT2D eigenvalue weighted by Gasteiger charge is 2.44. The number of carbonyl (C=O) groups is 2. The molecule has 8 heteroatoms. The van der Waals surface area contributed by atoms with Crippen molar-refractivity contribution < 1.29 is 24.2 Å². The van der Waals surface area contributed by atoms with E-state index in [-0.39, 0.29) is 11.5 Å². The van der Waals surface area contributed by atoms with Crippen molar-refractivity contribution in [2.45, 2.75) is 46.0 Å². The maximum Gasteiger partial charge on any atom is 0.336 e. The van der Waals surface area contributed by atoms with Crippen LogP contribution in [-0.2, 0) is 14.3 Å². The van der Waals surface area contributed by atoms with Crippen LogP contribution in [0.15, 0.2) is 32.9 Å². The van der Waals surface area contributed by atoms with Crippen LogP contribution in [0.3, 0.4) is 0 Å². The summed E-state index contributed by atoms with van der Waals surface area (Å²) < 4.78 is 11.6. The number of thioether (sulfide) groups is 1. The smallest absolute Gasteiger partial charge is 0.336 e. The van der Waals surface area contributed by atoms with Gasteiger partial charge >= 0.3 is 5.97 Å². The molecule has 1 heterocycles. The second kappa shape index (κ2) is 10.7. The minimum absolute atomic E-state index is 0.00770. The molecule has 0 bridgehead atoms. The topological polar surface area (TPSA) is 85.2 Å². The fraction of sp³-hybridized carbons (Fsp3) is 0.522. The van der Waals surface area contributed by atoms with Crippen LogP contribution >= 0.6 is 27.7 Å². The van der Waals surface area contributed by atoms with Gasteiger partial charge in [-0.1, -0.05) is 6.92 Å². The molecule has 0 aromatic heterocycles. The lowest BCUT2D eigenvalue weighted by molar-refractivity contribution is -0.139. The van der Waals surface area contributed by atoms with Crippen molar-refractivity contribution in [3.63, 3.8) is 0 Å². The Morgan fingerprint density at radius 3 is 2.77 bits per heavy atom. The Balaban J connectivity index is 2.07. The minimum Gasteiger partial charge on any atom is -0.503 e. The molecule has 0 amide bonds. The summed E-state index contributed by atoms with van der Waals surface area (Å²) in [5.41, 5.74) is 2.53. The molecule has 6 nitrogen and oxygen atoms in total. The van der Waals surface area contributed by atoms with E-state index in [1.807, 2.05) is 6.92 Å². The van der Waals surface area contributed by atoms with E-state index in [2.05, 4.69) is 27.8 Å². The van der Waals surface area contributed by atoms with Gasteiger partial charge in [0.05, 0.1) is 22.6 Å². The normalized spacial score (nSPS) is 20.9. The van der Waals surface area contributed by atoms with E-state index < -0.39 is 17.8 Å². The van der Waals surface area contributed by atoms with E-state index >= 15 is 0 Å². The fourth-order valence-electron chi connectivity index (χ4n) is 4.20. The number of nitrogens with zero attached hydrogens (tertiary/aromatic N) is 1. The van der Waals surface area contributed by atoms with Gasteiger partial charge in [0.15, 0.2) is 11.5 Å². The Morgan fingerprint density at radius 1 is 1.29 bits per heavy atom. The van der Waals surface area contributed by atoms with Crippen molar-refractivity contribution >= 4 is 45.2 Å². The Hall–Kier alpha value is -1.80. The van der Waals surface area contributed by atoms with Gasteiger partial charge in [0.25, 0.3) is 0 Å². The lowest BCUT2D eigenvalue weighted by Crippen LogP contribution is -2.39. The van der Waals surface area contributed by atoms with Crippen LogP contribution in [0.5, 0.6) is 11.5 Å². The first-order chi connectivity index (χ1) is 14.9. The summed E-state index contributed by atoms with van der Waals surface area (Å²) >= 11 is 5.09. The molecular formula is C23H28BrNO5S. The number of rotatable bonds is 8. The highest BCUT2D eigenvalue weighted by molar-refractivity contribution is 9.10. The maximum atomic E-state index is 13.1. The first-order valence-corrected chi connectivity index (χ1v) is 12.5. The molecule has 1 aromatic carbocycles. The highest BCUT2D eigenvalue weighted by atomic mass is 79.9. The first-order valence-electron chi connectivity index (χ1n) is 10.6. The van der Waals surface area contributed by atoms with Crippen molar-refractivity contribution in [3.8, 4) is 11.5 Å². The van der Waals surface area contributed by atoms with Gasteiger partial charge in [-0.15, -0.1) is 0 Å². The van der Waals surface area contributed by atoms with Crippen molar-refractivity contribution in [1.29, 1.82) is 0 Å². The van der Waals surface area contributed by atoms with Crippen molar-refractivity contribution in [2.24, 2.45) is 10.9 Å². The third kappa shape index (κ3) is 5.17. The standard InChI is InChI=1S/C23H28BrNO5S/c1-4-29-18-12-14(11-15(24)22(18)27)20-19(23(28)30-9-10-31-5-2)13(3)25-16-7-6-8-17(26)21(16)20/h11-12,20-21,27H,4-10H2,1-3H3/t20-,21?/m0/s1. The number of ether oxygens (including phenoxy) is 2. The number of aliphatic imine (C=N–C) groups is 1. The van der Waals surface area contributed by atoms with Crippen LogP contribution in [0.1, 0.15) is 51.5 Å². The number of phenols is 1. The number of phenolic OH excluding ortho intramolecular Hbond substituents is 1. The van der Waals surface area contributed by atoms with Gasteiger partial charge in [0.2, 0.25) is 0 Å². The second-order valence-corrected chi connectivity index (χ2v) is 9.74. The molecule has 1 aliphatic heterocycles. The monoisotopic (exact) mass is 509 g/mol. The molecule has 168 valence electrons. The molecule has 0 radical (unpaired) electrons. The van der Waals surface area contributed by atoms with Crippen molar-refractivity contribution in [1.82, 2.24) is 0 Å². The Morgan fingerprint density at radius 2 is 2.06 bits per heavy atom. The quantitative estimate of drug-likeness (QED) is 0.390. The number of halogens is 1. The summed E-state index contributed by atoms with van der Waals surface area (Å²) in [6.45, 7) is 6.37. The van der Waals surface area contributed by atoms with Crippen molar-refractivity contribution in [3.05, 3.63) is 33.4 Å². The molecule has 2 atom stereocenters. The largest absolute Gasteiger partial charge is 0.503 e. The van der Waals surface area contributed by atoms with Crippen LogP contribution in [-0.4, -0.2) is 47.3 Å². The Labute approximate surface area is 195 Å². The van der Waals surface area contributed by atoms with Gasteiger partial charge in [-0.25, -0.2) is 4.79 Å². The number of benzene rings is 1. The summed E-state index contributed by atoms with van der Waals surface area (Å²) in [7, 11) is 0. The van der Waals surface area contributed by atoms with Gasteiger partial charge < -0.3 is 14.6 Å². The van der Waals surface area contributed by atoms with E-state index in [1.54, 1.807) is 30.8 Å². The van der Waals surface area contributed by atoms with E-state index in [1.165, 1.54) is 0 Å². The molecule has 1 aliphatic carbocycles. The Kier molecular flexibility index (Phi) is 8.22. The summed E-state index contributed by atoms with van der Waals surface area (Å²) in [5.74, 6) is 0.580. The molecular weight excluding hydrogens is 482 g/mol. The SMILES string of the molecule is CCOc1cc([C@H]2C(C(=O)OCCSCC)=C(C)N=C3CCCC(=O)C32)cc(Br)c1O. The summed E-state index contributed by atoms with van der Waals surface area (Å²) in [6, 6.07) is 3.47. The summed E-state index contributed by atoms with van der Waals surface area (Å²) in [6.07, 6.45) is 1.97. The van der Waals surface area contributed by atoms with E-state index in [4.69, 9.17) is 9.47 Å². The summed E-state index contributed by atoms with van der Waals surface area (Å²) in [5, 5.41) is 10.4. The van der Waals surface area contributed by atoms with E-state index in [0.717, 1.165) is 35.6 Å². The predicted octanol–water partition coefficient (Wildman–Crippen LogP) is 5.03. The number of hydrogen-bond donors (Lipinski definition) is 1. The minimum atomic E-state index is -0.525. The van der Waals surface area contributed by atoms with Gasteiger partial charge in [-0.2, -0.15) is 11.8 Å². The molecule has 1 N–H and O–H groups in total. The van der Waals surface area contributed by atoms with Gasteiger partial charge in [-0.05, 0) is 66.1 Å². The average Bonchev–Trinajstić information content (AvgIpc) is 2.73.